The van der Waals surface area contributed by atoms with E-state index in [2.05, 4.69) is 12.1 Å². The number of hydrogen-bond acceptors (Lipinski definition) is 3. The Morgan fingerprint density at radius 3 is 2.44 bits per heavy atom. The van der Waals surface area contributed by atoms with Gasteiger partial charge in [-0.1, -0.05) is 24.3 Å². The van der Waals surface area contributed by atoms with Gasteiger partial charge in [-0.15, -0.1) is 0 Å². The molecule has 2 rings (SSSR count). The van der Waals surface area contributed by atoms with E-state index in [0.717, 1.165) is 19.3 Å². The van der Waals surface area contributed by atoms with Gasteiger partial charge in [0.2, 0.25) is 0 Å². The first-order valence-electron chi connectivity index (χ1n) is 5.77. The smallest absolute Gasteiger partial charge is 0.0655 e. The maximum Gasteiger partial charge on any atom is 0.0655 e. The van der Waals surface area contributed by atoms with Crippen LogP contribution in [0.3, 0.4) is 0 Å². The number of nitrogens with two attached hydrogens (primary N) is 1. The molecule has 0 fully saturated rings. The van der Waals surface area contributed by atoms with E-state index in [4.69, 9.17) is 5.73 Å². The Labute approximate surface area is 95.9 Å². The maximum atomic E-state index is 9.30. The van der Waals surface area contributed by atoms with Gasteiger partial charge in [-0.05, 0) is 36.3 Å². The summed E-state index contributed by atoms with van der Waals surface area (Å²) in [6.45, 7) is -0.313. The summed E-state index contributed by atoms with van der Waals surface area (Å²) in [6, 6.07) is 8.32. The van der Waals surface area contributed by atoms with Crippen molar-refractivity contribution >= 4 is 0 Å². The SMILES string of the molecule is NC(CO)(CO)C1CCc2ccccc2C1. The molecule has 1 unspecified atom stereocenters. The van der Waals surface area contributed by atoms with Gasteiger partial charge >= 0.3 is 0 Å². The quantitative estimate of drug-likeness (QED) is 0.695. The van der Waals surface area contributed by atoms with Crippen molar-refractivity contribution in [1.82, 2.24) is 0 Å². The molecule has 0 amide bonds. The van der Waals surface area contributed by atoms with Gasteiger partial charge in [0, 0.05) is 0 Å². The summed E-state index contributed by atoms with van der Waals surface area (Å²) in [4.78, 5) is 0. The lowest BCUT2D eigenvalue weighted by atomic mass is 9.73. The normalized spacial score (nSPS) is 20.6. The molecule has 3 nitrogen and oxygen atoms in total. The van der Waals surface area contributed by atoms with Gasteiger partial charge in [-0.25, -0.2) is 0 Å². The number of aliphatic hydroxyl groups is 2. The number of aryl methyl sites for hydroxylation is 1. The fourth-order valence-corrected chi connectivity index (χ4v) is 2.50. The summed E-state index contributed by atoms with van der Waals surface area (Å²) in [7, 11) is 0. The molecule has 3 heteroatoms. The van der Waals surface area contributed by atoms with Gasteiger partial charge in [-0.2, -0.15) is 0 Å². The van der Waals surface area contributed by atoms with Gasteiger partial charge in [0.05, 0.1) is 18.8 Å². The summed E-state index contributed by atoms with van der Waals surface area (Å²) in [5, 5.41) is 18.6. The van der Waals surface area contributed by atoms with Crippen molar-refractivity contribution in [1.29, 1.82) is 0 Å². The summed E-state index contributed by atoms with van der Waals surface area (Å²) < 4.78 is 0. The Kier molecular flexibility index (Phi) is 3.28. The monoisotopic (exact) mass is 221 g/mol. The molecule has 0 aromatic heterocycles. The van der Waals surface area contributed by atoms with Crippen molar-refractivity contribution in [2.45, 2.75) is 24.8 Å². The lowest BCUT2D eigenvalue weighted by Gasteiger charge is -2.37. The van der Waals surface area contributed by atoms with Crippen molar-refractivity contribution in [3.63, 3.8) is 0 Å². The Balaban J connectivity index is 2.19. The predicted octanol–water partition coefficient (Wildman–Crippen LogP) is 0.474. The zero-order valence-corrected chi connectivity index (χ0v) is 9.39. The molecule has 1 aliphatic carbocycles. The van der Waals surface area contributed by atoms with Gasteiger partial charge < -0.3 is 15.9 Å². The molecule has 0 spiro atoms. The molecule has 88 valence electrons. The van der Waals surface area contributed by atoms with Crippen LogP contribution in [-0.2, 0) is 12.8 Å². The summed E-state index contributed by atoms with van der Waals surface area (Å²) in [5.41, 5.74) is 7.86. The number of rotatable bonds is 3. The van der Waals surface area contributed by atoms with E-state index >= 15 is 0 Å². The molecule has 1 aliphatic rings. The Morgan fingerprint density at radius 1 is 1.19 bits per heavy atom. The lowest BCUT2D eigenvalue weighted by molar-refractivity contribution is 0.0690. The third-order valence-corrected chi connectivity index (χ3v) is 3.75. The third-order valence-electron chi connectivity index (χ3n) is 3.75. The zero-order valence-electron chi connectivity index (χ0n) is 9.39. The average Bonchev–Trinajstić information content (AvgIpc) is 2.37. The Morgan fingerprint density at radius 2 is 1.81 bits per heavy atom. The first kappa shape index (κ1) is 11.6. The zero-order chi connectivity index (χ0) is 11.6. The average molecular weight is 221 g/mol. The van der Waals surface area contributed by atoms with Crippen molar-refractivity contribution in [3.05, 3.63) is 35.4 Å². The molecule has 0 heterocycles. The minimum absolute atomic E-state index is 0.156. The van der Waals surface area contributed by atoms with E-state index in [1.165, 1.54) is 11.1 Å². The molecule has 4 N–H and O–H groups in total. The molecular formula is C13H19NO2. The molecule has 1 aromatic rings. The van der Waals surface area contributed by atoms with Gasteiger partial charge in [0.1, 0.15) is 0 Å². The molecule has 1 aromatic carbocycles. The van der Waals surface area contributed by atoms with E-state index in [1.54, 1.807) is 0 Å². The first-order valence-corrected chi connectivity index (χ1v) is 5.77. The van der Waals surface area contributed by atoms with Gasteiger partial charge in [0.25, 0.3) is 0 Å². The van der Waals surface area contributed by atoms with Crippen LogP contribution in [0.2, 0.25) is 0 Å². The van der Waals surface area contributed by atoms with Crippen LogP contribution in [0.5, 0.6) is 0 Å². The molecule has 0 radical (unpaired) electrons. The molecular weight excluding hydrogens is 202 g/mol. The van der Waals surface area contributed by atoms with E-state index in [1.807, 2.05) is 12.1 Å². The summed E-state index contributed by atoms with van der Waals surface area (Å²) in [6.07, 6.45) is 2.78. The fourth-order valence-electron chi connectivity index (χ4n) is 2.50. The molecule has 16 heavy (non-hydrogen) atoms. The Bertz CT molecular complexity index is 361. The second-order valence-corrected chi connectivity index (χ2v) is 4.76. The maximum absolute atomic E-state index is 9.30. The highest BCUT2D eigenvalue weighted by atomic mass is 16.3. The molecule has 1 atom stereocenters. The Hall–Kier alpha value is -0.900. The standard InChI is InChI=1S/C13H19NO2/c14-13(8-15,9-16)12-6-5-10-3-1-2-4-11(10)7-12/h1-4,12,15-16H,5-9,14H2. The van der Waals surface area contributed by atoms with E-state index < -0.39 is 5.54 Å². The van der Waals surface area contributed by atoms with Crippen LogP contribution in [0.1, 0.15) is 17.5 Å². The molecule has 0 saturated carbocycles. The predicted molar refractivity (Wildman–Crippen MR) is 63.0 cm³/mol. The van der Waals surface area contributed by atoms with Crippen LogP contribution in [0.25, 0.3) is 0 Å². The van der Waals surface area contributed by atoms with Crippen LogP contribution >= 0.6 is 0 Å². The van der Waals surface area contributed by atoms with Crippen molar-refractivity contribution in [3.8, 4) is 0 Å². The molecule has 0 bridgehead atoms. The summed E-state index contributed by atoms with van der Waals surface area (Å²) in [5.74, 6) is 0.164. The van der Waals surface area contributed by atoms with Crippen LogP contribution in [0.15, 0.2) is 24.3 Å². The minimum atomic E-state index is -0.840. The number of hydrogen-bond donors (Lipinski definition) is 3. The van der Waals surface area contributed by atoms with E-state index in [0.29, 0.717) is 0 Å². The van der Waals surface area contributed by atoms with Crippen LogP contribution in [-0.4, -0.2) is 29.0 Å². The van der Waals surface area contributed by atoms with Crippen LogP contribution in [0, 0.1) is 5.92 Å². The second-order valence-electron chi connectivity index (χ2n) is 4.76. The summed E-state index contributed by atoms with van der Waals surface area (Å²) >= 11 is 0. The number of fused-ring (bicyclic) bond motifs is 1. The third kappa shape index (κ3) is 1.98. The fraction of sp³-hybridized carbons (Fsp3) is 0.538. The van der Waals surface area contributed by atoms with Crippen molar-refractivity contribution in [2.75, 3.05) is 13.2 Å². The van der Waals surface area contributed by atoms with E-state index in [-0.39, 0.29) is 19.1 Å². The highest BCUT2D eigenvalue weighted by molar-refractivity contribution is 5.30. The lowest BCUT2D eigenvalue weighted by Crippen LogP contribution is -2.55. The number of benzene rings is 1. The van der Waals surface area contributed by atoms with Crippen molar-refractivity contribution < 1.29 is 10.2 Å². The highest BCUT2D eigenvalue weighted by Crippen LogP contribution is 2.31. The van der Waals surface area contributed by atoms with Gasteiger partial charge in [-0.3, -0.25) is 0 Å². The molecule has 0 aliphatic heterocycles. The topological polar surface area (TPSA) is 66.5 Å². The van der Waals surface area contributed by atoms with Crippen LogP contribution in [0.4, 0.5) is 0 Å². The molecule has 0 saturated heterocycles. The largest absolute Gasteiger partial charge is 0.394 e. The van der Waals surface area contributed by atoms with Crippen molar-refractivity contribution in [2.24, 2.45) is 11.7 Å². The minimum Gasteiger partial charge on any atom is -0.394 e. The van der Waals surface area contributed by atoms with Gasteiger partial charge in [0.15, 0.2) is 0 Å². The second kappa shape index (κ2) is 4.53. The first-order chi connectivity index (χ1) is 7.69. The highest BCUT2D eigenvalue weighted by Gasteiger charge is 2.35. The number of aliphatic hydroxyl groups excluding tert-OH is 2. The van der Waals surface area contributed by atoms with E-state index in [9.17, 15) is 10.2 Å². The van der Waals surface area contributed by atoms with Crippen LogP contribution < -0.4 is 5.73 Å².